The number of ether oxygens (including phenoxy) is 1. The molecular weight excluding hydrogens is 312 g/mol. The van der Waals surface area contributed by atoms with Gasteiger partial charge in [-0.3, -0.25) is 4.90 Å². The van der Waals surface area contributed by atoms with E-state index in [1.54, 1.807) is 32.4 Å². The lowest BCUT2D eigenvalue weighted by Crippen LogP contribution is -2.39. The second kappa shape index (κ2) is 6.62. The molecule has 1 fully saturated rings. The highest BCUT2D eigenvalue weighted by atomic mass is 35.5. The first-order valence-electron chi connectivity index (χ1n) is 6.79. The molecule has 1 saturated heterocycles. The van der Waals surface area contributed by atoms with E-state index < -0.39 is 10.0 Å². The highest BCUT2D eigenvalue weighted by molar-refractivity contribution is 7.89. The van der Waals surface area contributed by atoms with Crippen LogP contribution < -0.4 is 0 Å². The van der Waals surface area contributed by atoms with Crippen molar-refractivity contribution in [2.75, 3.05) is 34.3 Å². The number of nitrogens with zero attached hydrogens (tertiary/aromatic N) is 2. The fourth-order valence-corrected chi connectivity index (χ4v) is 4.12. The van der Waals surface area contributed by atoms with Crippen molar-refractivity contribution in [3.63, 3.8) is 0 Å². The van der Waals surface area contributed by atoms with Crippen LogP contribution in [-0.4, -0.2) is 64.1 Å². The van der Waals surface area contributed by atoms with Crippen molar-refractivity contribution in [2.24, 2.45) is 0 Å². The highest BCUT2D eigenvalue weighted by Crippen LogP contribution is 2.23. The van der Waals surface area contributed by atoms with Crippen LogP contribution in [0.25, 0.3) is 0 Å². The van der Waals surface area contributed by atoms with Gasteiger partial charge in [-0.15, -0.1) is 0 Å². The van der Waals surface area contributed by atoms with Crippen LogP contribution in [-0.2, 0) is 14.8 Å². The van der Waals surface area contributed by atoms with Gasteiger partial charge in [0.05, 0.1) is 11.0 Å². The van der Waals surface area contributed by atoms with E-state index >= 15 is 0 Å². The summed E-state index contributed by atoms with van der Waals surface area (Å²) in [5, 5.41) is 0.418. The molecule has 0 N–H and O–H groups in total. The van der Waals surface area contributed by atoms with E-state index in [1.807, 2.05) is 7.05 Å². The number of likely N-dealkylation sites (tertiary alicyclic amines) is 1. The summed E-state index contributed by atoms with van der Waals surface area (Å²) in [7, 11) is 1.76. The number of benzene rings is 1. The summed E-state index contributed by atoms with van der Waals surface area (Å²) in [6.45, 7) is 1.26. The molecule has 5 nitrogen and oxygen atoms in total. The van der Waals surface area contributed by atoms with Crippen molar-refractivity contribution in [3.05, 3.63) is 29.3 Å². The van der Waals surface area contributed by atoms with Crippen molar-refractivity contribution >= 4 is 21.6 Å². The van der Waals surface area contributed by atoms with E-state index in [4.69, 9.17) is 16.3 Å². The van der Waals surface area contributed by atoms with Gasteiger partial charge in [-0.25, -0.2) is 8.42 Å². The van der Waals surface area contributed by atoms with E-state index in [-0.39, 0.29) is 17.0 Å². The standard InChI is InChI=1S/C14H21ClN2O3S/c1-16-10-13(20-3)8-12(16)9-17(2)21(18,19)14-6-4-5-11(15)7-14/h4-7,12-13H,8-10H2,1-3H3/t12-,13-/m0/s1. The van der Waals surface area contributed by atoms with Gasteiger partial charge in [-0.1, -0.05) is 17.7 Å². The van der Waals surface area contributed by atoms with Crippen molar-refractivity contribution in [1.82, 2.24) is 9.21 Å². The molecule has 1 aromatic carbocycles. The molecule has 1 aliphatic heterocycles. The lowest BCUT2D eigenvalue weighted by atomic mass is 10.2. The SMILES string of the molecule is CO[C@H]1C[C@@H](CN(C)S(=O)(=O)c2cccc(Cl)c2)N(C)C1. The Morgan fingerprint density at radius 3 is 2.76 bits per heavy atom. The predicted octanol–water partition coefficient (Wildman–Crippen LogP) is 1.68. The van der Waals surface area contributed by atoms with Crippen molar-refractivity contribution < 1.29 is 13.2 Å². The van der Waals surface area contributed by atoms with Crippen LogP contribution in [0.2, 0.25) is 5.02 Å². The minimum absolute atomic E-state index is 0.161. The molecule has 0 unspecified atom stereocenters. The summed E-state index contributed by atoms with van der Waals surface area (Å²) in [5.74, 6) is 0. The van der Waals surface area contributed by atoms with Crippen LogP contribution in [0.15, 0.2) is 29.2 Å². The maximum Gasteiger partial charge on any atom is 0.242 e. The molecule has 2 rings (SSSR count). The Labute approximate surface area is 131 Å². The molecule has 0 amide bonds. The van der Waals surface area contributed by atoms with Crippen LogP contribution in [0, 0.1) is 0 Å². The van der Waals surface area contributed by atoms with Crippen LogP contribution in [0.3, 0.4) is 0 Å². The minimum atomic E-state index is -3.52. The summed E-state index contributed by atoms with van der Waals surface area (Å²) in [5.41, 5.74) is 0. The molecule has 1 heterocycles. The van der Waals surface area contributed by atoms with E-state index in [1.165, 1.54) is 10.4 Å². The zero-order valence-electron chi connectivity index (χ0n) is 12.5. The number of rotatable bonds is 5. The molecular formula is C14H21ClN2O3S. The van der Waals surface area contributed by atoms with E-state index in [2.05, 4.69) is 4.90 Å². The van der Waals surface area contributed by atoms with Crippen LogP contribution in [0.5, 0.6) is 0 Å². The van der Waals surface area contributed by atoms with E-state index in [0.717, 1.165) is 13.0 Å². The molecule has 1 aliphatic rings. The second-order valence-corrected chi connectivity index (χ2v) is 7.91. The average molecular weight is 333 g/mol. The number of hydrogen-bond acceptors (Lipinski definition) is 4. The third kappa shape index (κ3) is 3.76. The topological polar surface area (TPSA) is 49.9 Å². The minimum Gasteiger partial charge on any atom is -0.380 e. The van der Waals surface area contributed by atoms with Crippen molar-refractivity contribution in [2.45, 2.75) is 23.5 Å². The highest BCUT2D eigenvalue weighted by Gasteiger charge is 2.33. The number of likely N-dealkylation sites (N-methyl/N-ethyl adjacent to an activating group) is 2. The molecule has 21 heavy (non-hydrogen) atoms. The van der Waals surface area contributed by atoms with Gasteiger partial charge < -0.3 is 4.74 Å². The van der Waals surface area contributed by atoms with Gasteiger partial charge in [0.15, 0.2) is 0 Å². The zero-order valence-corrected chi connectivity index (χ0v) is 14.1. The molecule has 0 aromatic heterocycles. The fourth-order valence-electron chi connectivity index (χ4n) is 2.62. The van der Waals surface area contributed by atoms with Gasteiger partial charge in [0.25, 0.3) is 0 Å². The normalized spacial score (nSPS) is 23.9. The first kappa shape index (κ1) is 16.7. The smallest absolute Gasteiger partial charge is 0.242 e. The predicted molar refractivity (Wildman–Crippen MR) is 83.1 cm³/mol. The van der Waals surface area contributed by atoms with Crippen LogP contribution in [0.1, 0.15) is 6.42 Å². The maximum atomic E-state index is 12.5. The molecule has 0 aliphatic carbocycles. The fraction of sp³-hybridized carbons (Fsp3) is 0.571. The Hall–Kier alpha value is -0.660. The number of sulfonamides is 1. The Morgan fingerprint density at radius 2 is 2.19 bits per heavy atom. The Bertz CT molecular complexity index is 594. The van der Waals surface area contributed by atoms with Crippen molar-refractivity contribution in [1.29, 1.82) is 0 Å². The average Bonchev–Trinajstić information content (AvgIpc) is 2.79. The van der Waals surface area contributed by atoms with Crippen LogP contribution >= 0.6 is 11.6 Å². The third-order valence-corrected chi connectivity index (χ3v) is 6.01. The van der Waals surface area contributed by atoms with Gasteiger partial charge in [0.2, 0.25) is 10.0 Å². The third-order valence-electron chi connectivity index (χ3n) is 3.96. The lowest BCUT2D eigenvalue weighted by Gasteiger charge is -2.25. The first-order chi connectivity index (χ1) is 9.84. The van der Waals surface area contributed by atoms with E-state index in [0.29, 0.717) is 11.6 Å². The maximum absolute atomic E-state index is 12.5. The van der Waals surface area contributed by atoms with E-state index in [9.17, 15) is 8.42 Å². The second-order valence-electron chi connectivity index (χ2n) is 5.43. The molecule has 118 valence electrons. The Kier molecular flexibility index (Phi) is 5.27. The summed E-state index contributed by atoms with van der Waals surface area (Å²) in [6, 6.07) is 6.51. The summed E-state index contributed by atoms with van der Waals surface area (Å²) >= 11 is 5.88. The van der Waals surface area contributed by atoms with Crippen LogP contribution in [0.4, 0.5) is 0 Å². The first-order valence-corrected chi connectivity index (χ1v) is 8.61. The quantitative estimate of drug-likeness (QED) is 0.823. The summed E-state index contributed by atoms with van der Waals surface area (Å²) in [4.78, 5) is 2.36. The molecule has 0 bridgehead atoms. The van der Waals surface area contributed by atoms with Gasteiger partial charge in [0.1, 0.15) is 0 Å². The monoisotopic (exact) mass is 332 g/mol. The summed E-state index contributed by atoms with van der Waals surface area (Å²) in [6.07, 6.45) is 1.00. The summed E-state index contributed by atoms with van der Waals surface area (Å²) < 4.78 is 31.8. The number of methoxy groups -OCH3 is 1. The zero-order chi connectivity index (χ0) is 15.6. The van der Waals surface area contributed by atoms with Gasteiger partial charge in [0, 0.05) is 38.3 Å². The lowest BCUT2D eigenvalue weighted by molar-refractivity contribution is 0.111. The number of halogens is 1. The molecule has 0 spiro atoms. The van der Waals surface area contributed by atoms with Gasteiger partial charge >= 0.3 is 0 Å². The Morgan fingerprint density at radius 1 is 1.48 bits per heavy atom. The molecule has 7 heteroatoms. The largest absolute Gasteiger partial charge is 0.380 e. The van der Waals surface area contributed by atoms with Gasteiger partial charge in [-0.2, -0.15) is 4.31 Å². The van der Waals surface area contributed by atoms with Gasteiger partial charge in [-0.05, 0) is 31.7 Å². The molecule has 0 saturated carbocycles. The Balaban J connectivity index is 2.11. The number of hydrogen-bond donors (Lipinski definition) is 0. The molecule has 1 aromatic rings. The van der Waals surface area contributed by atoms with Crippen molar-refractivity contribution in [3.8, 4) is 0 Å². The molecule has 2 atom stereocenters. The molecule has 0 radical (unpaired) electrons.